The molecular weight excluding hydrogens is 240 g/mol. The SMILES string of the molecule is CC(C)CN1CCC[C@@H]1CNc1nc(C(C)C)no1. The molecule has 0 radical (unpaired) electrons. The number of nitrogens with one attached hydrogen (secondary N) is 1. The maximum atomic E-state index is 5.21. The predicted octanol–water partition coefficient (Wildman–Crippen LogP) is 2.73. The lowest BCUT2D eigenvalue weighted by molar-refractivity contribution is 0.233. The first kappa shape index (κ1) is 14.3. The minimum atomic E-state index is 0.309. The van der Waals surface area contributed by atoms with Crippen LogP contribution in [-0.2, 0) is 0 Å². The van der Waals surface area contributed by atoms with Crippen LogP contribution >= 0.6 is 0 Å². The largest absolute Gasteiger partial charge is 0.336 e. The summed E-state index contributed by atoms with van der Waals surface area (Å²) in [5.41, 5.74) is 0. The molecule has 0 spiro atoms. The van der Waals surface area contributed by atoms with E-state index in [0.29, 0.717) is 18.0 Å². The molecule has 19 heavy (non-hydrogen) atoms. The third kappa shape index (κ3) is 3.93. The van der Waals surface area contributed by atoms with Crippen LogP contribution in [0.3, 0.4) is 0 Å². The number of anilines is 1. The van der Waals surface area contributed by atoms with E-state index in [2.05, 4.69) is 48.1 Å². The van der Waals surface area contributed by atoms with E-state index in [1.54, 1.807) is 0 Å². The zero-order valence-corrected chi connectivity index (χ0v) is 12.5. The number of nitrogens with zero attached hydrogens (tertiary/aromatic N) is 3. The standard InChI is InChI=1S/C14H26N4O/c1-10(2)9-18-7-5-6-12(18)8-15-14-16-13(11(3)4)17-19-14/h10-12H,5-9H2,1-4H3,(H,15,16,17)/t12-/m1/s1. The van der Waals surface area contributed by atoms with Gasteiger partial charge in [0.1, 0.15) is 0 Å². The molecule has 1 atom stereocenters. The van der Waals surface area contributed by atoms with E-state index < -0.39 is 0 Å². The van der Waals surface area contributed by atoms with Gasteiger partial charge in [-0.25, -0.2) is 0 Å². The monoisotopic (exact) mass is 266 g/mol. The second-order valence-corrected chi connectivity index (χ2v) is 6.18. The second-order valence-electron chi connectivity index (χ2n) is 6.18. The molecule has 0 bridgehead atoms. The van der Waals surface area contributed by atoms with E-state index in [-0.39, 0.29) is 0 Å². The van der Waals surface area contributed by atoms with E-state index in [1.165, 1.54) is 25.9 Å². The summed E-state index contributed by atoms with van der Waals surface area (Å²) in [5, 5.41) is 7.25. The molecule has 2 rings (SSSR count). The van der Waals surface area contributed by atoms with Gasteiger partial charge in [-0.05, 0) is 25.3 Å². The van der Waals surface area contributed by atoms with E-state index in [0.717, 1.165) is 18.3 Å². The van der Waals surface area contributed by atoms with Gasteiger partial charge in [-0.15, -0.1) is 0 Å². The highest BCUT2D eigenvalue weighted by Crippen LogP contribution is 2.19. The first-order valence-corrected chi connectivity index (χ1v) is 7.37. The van der Waals surface area contributed by atoms with Gasteiger partial charge in [0, 0.05) is 25.0 Å². The average Bonchev–Trinajstić information content (AvgIpc) is 2.94. The van der Waals surface area contributed by atoms with Gasteiger partial charge in [-0.3, -0.25) is 4.90 Å². The molecule has 5 heteroatoms. The van der Waals surface area contributed by atoms with Crippen LogP contribution in [0.25, 0.3) is 0 Å². The molecule has 5 nitrogen and oxygen atoms in total. The Morgan fingerprint density at radius 2 is 2.16 bits per heavy atom. The maximum Gasteiger partial charge on any atom is 0.321 e. The molecule has 1 fully saturated rings. The van der Waals surface area contributed by atoms with Gasteiger partial charge in [0.15, 0.2) is 5.82 Å². The van der Waals surface area contributed by atoms with Crippen LogP contribution in [0.15, 0.2) is 4.52 Å². The number of hydrogen-bond donors (Lipinski definition) is 1. The summed E-state index contributed by atoms with van der Waals surface area (Å²) < 4.78 is 5.21. The van der Waals surface area contributed by atoms with Gasteiger partial charge in [0.25, 0.3) is 0 Å². The molecule has 0 amide bonds. The fraction of sp³-hybridized carbons (Fsp3) is 0.857. The summed E-state index contributed by atoms with van der Waals surface area (Å²) in [6, 6.07) is 1.15. The topological polar surface area (TPSA) is 54.2 Å². The summed E-state index contributed by atoms with van der Waals surface area (Å²) in [4.78, 5) is 6.92. The molecule has 1 aromatic rings. The van der Waals surface area contributed by atoms with Gasteiger partial charge in [0.05, 0.1) is 0 Å². The first-order valence-electron chi connectivity index (χ1n) is 7.37. The van der Waals surface area contributed by atoms with Gasteiger partial charge in [-0.1, -0.05) is 32.9 Å². The summed E-state index contributed by atoms with van der Waals surface area (Å²) in [5.74, 6) is 1.80. The smallest absolute Gasteiger partial charge is 0.321 e. The van der Waals surface area contributed by atoms with Crippen LogP contribution in [0.5, 0.6) is 0 Å². The highest BCUT2D eigenvalue weighted by molar-refractivity contribution is 5.19. The van der Waals surface area contributed by atoms with E-state index >= 15 is 0 Å². The van der Waals surface area contributed by atoms with Crippen LogP contribution in [-0.4, -0.2) is 40.7 Å². The van der Waals surface area contributed by atoms with Crippen molar-refractivity contribution in [1.82, 2.24) is 15.0 Å². The van der Waals surface area contributed by atoms with Gasteiger partial charge < -0.3 is 9.84 Å². The molecule has 0 aliphatic carbocycles. The highest BCUT2D eigenvalue weighted by atomic mass is 16.5. The normalized spacial score (nSPS) is 20.6. The van der Waals surface area contributed by atoms with Crippen molar-refractivity contribution in [3.63, 3.8) is 0 Å². The Bertz CT molecular complexity index is 389. The first-order chi connectivity index (χ1) is 9.06. The summed E-state index contributed by atoms with van der Waals surface area (Å²) >= 11 is 0. The van der Waals surface area contributed by atoms with Crippen molar-refractivity contribution in [2.75, 3.05) is 25.0 Å². The minimum absolute atomic E-state index is 0.309. The third-order valence-corrected chi connectivity index (χ3v) is 3.55. The van der Waals surface area contributed by atoms with Crippen LogP contribution in [0.2, 0.25) is 0 Å². The Morgan fingerprint density at radius 1 is 1.37 bits per heavy atom. The summed E-state index contributed by atoms with van der Waals surface area (Å²) in [6.07, 6.45) is 2.55. The summed E-state index contributed by atoms with van der Waals surface area (Å²) in [6.45, 7) is 12.0. The second kappa shape index (κ2) is 6.37. The quantitative estimate of drug-likeness (QED) is 0.858. The highest BCUT2D eigenvalue weighted by Gasteiger charge is 2.25. The molecule has 1 aromatic heterocycles. The van der Waals surface area contributed by atoms with Crippen LogP contribution in [0, 0.1) is 5.92 Å². The van der Waals surface area contributed by atoms with Gasteiger partial charge in [0.2, 0.25) is 0 Å². The molecular formula is C14H26N4O. The molecule has 108 valence electrons. The number of hydrogen-bond acceptors (Lipinski definition) is 5. The van der Waals surface area contributed by atoms with Crippen molar-refractivity contribution >= 4 is 6.01 Å². The molecule has 1 aliphatic rings. The van der Waals surface area contributed by atoms with Gasteiger partial charge >= 0.3 is 6.01 Å². The van der Waals surface area contributed by atoms with Crippen molar-refractivity contribution in [3.8, 4) is 0 Å². The fourth-order valence-electron chi connectivity index (χ4n) is 2.58. The Morgan fingerprint density at radius 3 is 2.79 bits per heavy atom. The Kier molecular flexibility index (Phi) is 4.80. The minimum Gasteiger partial charge on any atom is -0.336 e. The molecule has 0 unspecified atom stereocenters. The van der Waals surface area contributed by atoms with Crippen LogP contribution in [0.1, 0.15) is 52.3 Å². The Balaban J connectivity index is 1.83. The van der Waals surface area contributed by atoms with Crippen molar-refractivity contribution in [3.05, 3.63) is 5.82 Å². The molecule has 1 N–H and O–H groups in total. The summed E-state index contributed by atoms with van der Waals surface area (Å²) in [7, 11) is 0. The third-order valence-electron chi connectivity index (χ3n) is 3.55. The van der Waals surface area contributed by atoms with Crippen molar-refractivity contribution in [2.45, 2.75) is 52.5 Å². The average molecular weight is 266 g/mol. The molecule has 0 aromatic carbocycles. The predicted molar refractivity (Wildman–Crippen MR) is 76.3 cm³/mol. The zero-order chi connectivity index (χ0) is 13.8. The Labute approximate surface area is 115 Å². The van der Waals surface area contributed by atoms with E-state index in [9.17, 15) is 0 Å². The molecule has 0 saturated carbocycles. The number of likely N-dealkylation sites (tertiary alicyclic amines) is 1. The fourth-order valence-corrected chi connectivity index (χ4v) is 2.58. The lowest BCUT2D eigenvalue weighted by Crippen LogP contribution is -2.37. The Hall–Kier alpha value is -1.10. The number of aromatic nitrogens is 2. The van der Waals surface area contributed by atoms with Crippen molar-refractivity contribution < 1.29 is 4.52 Å². The van der Waals surface area contributed by atoms with E-state index in [1.807, 2.05) is 0 Å². The maximum absolute atomic E-state index is 5.21. The van der Waals surface area contributed by atoms with E-state index in [4.69, 9.17) is 4.52 Å². The number of rotatable bonds is 6. The lowest BCUT2D eigenvalue weighted by Gasteiger charge is -2.25. The van der Waals surface area contributed by atoms with Crippen LogP contribution < -0.4 is 5.32 Å². The lowest BCUT2D eigenvalue weighted by atomic mass is 10.1. The van der Waals surface area contributed by atoms with Crippen molar-refractivity contribution in [2.24, 2.45) is 5.92 Å². The molecule has 1 aliphatic heterocycles. The molecule has 1 saturated heterocycles. The van der Waals surface area contributed by atoms with Crippen LogP contribution in [0.4, 0.5) is 6.01 Å². The molecule has 2 heterocycles. The van der Waals surface area contributed by atoms with Crippen molar-refractivity contribution in [1.29, 1.82) is 0 Å². The zero-order valence-electron chi connectivity index (χ0n) is 12.5. The van der Waals surface area contributed by atoms with Gasteiger partial charge in [-0.2, -0.15) is 4.98 Å².